The van der Waals surface area contributed by atoms with Crippen molar-refractivity contribution in [3.8, 4) is 0 Å². The lowest BCUT2D eigenvalue weighted by molar-refractivity contribution is -0.111. The summed E-state index contributed by atoms with van der Waals surface area (Å²) in [5.41, 5.74) is 2.14. The van der Waals surface area contributed by atoms with Gasteiger partial charge in [-0.05, 0) is 43.7 Å². The molecule has 2 N–H and O–H groups in total. The lowest BCUT2D eigenvalue weighted by atomic mass is 10.1. The number of aryl methyl sites for hydroxylation is 1. The van der Waals surface area contributed by atoms with Crippen LogP contribution in [0.4, 0.5) is 5.69 Å². The number of hydrogen-bond acceptors (Lipinski definition) is 2. The van der Waals surface area contributed by atoms with Crippen LogP contribution in [0.15, 0.2) is 30.4 Å². The van der Waals surface area contributed by atoms with E-state index in [2.05, 4.69) is 10.6 Å². The van der Waals surface area contributed by atoms with Crippen LogP contribution in [0.1, 0.15) is 22.8 Å². The summed E-state index contributed by atoms with van der Waals surface area (Å²) in [6.07, 6.45) is 3.12. The molecule has 0 heterocycles. The average molecular weight is 232 g/mol. The predicted molar refractivity (Wildman–Crippen MR) is 68.0 cm³/mol. The number of anilines is 1. The van der Waals surface area contributed by atoms with Crippen molar-refractivity contribution in [1.82, 2.24) is 5.32 Å². The Kier molecular flexibility index (Phi) is 4.46. The van der Waals surface area contributed by atoms with Gasteiger partial charge in [-0.1, -0.05) is 6.08 Å². The summed E-state index contributed by atoms with van der Waals surface area (Å²) in [6, 6.07) is 5.14. The second-order valence-corrected chi connectivity index (χ2v) is 3.60. The van der Waals surface area contributed by atoms with Crippen molar-refractivity contribution in [1.29, 1.82) is 0 Å². The SMILES string of the molecule is CC=CC(=O)Nc1ccc(C(=O)NC)cc1C. The minimum Gasteiger partial charge on any atom is -0.355 e. The van der Waals surface area contributed by atoms with Crippen molar-refractivity contribution >= 4 is 17.5 Å². The van der Waals surface area contributed by atoms with Gasteiger partial charge in [0.1, 0.15) is 0 Å². The van der Waals surface area contributed by atoms with E-state index in [-0.39, 0.29) is 11.8 Å². The highest BCUT2D eigenvalue weighted by Crippen LogP contribution is 2.16. The fraction of sp³-hybridized carbons (Fsp3) is 0.231. The van der Waals surface area contributed by atoms with Crippen molar-refractivity contribution in [3.63, 3.8) is 0 Å². The van der Waals surface area contributed by atoms with Crippen molar-refractivity contribution in [2.45, 2.75) is 13.8 Å². The Morgan fingerprint density at radius 2 is 2.00 bits per heavy atom. The van der Waals surface area contributed by atoms with Crippen LogP contribution in [0.25, 0.3) is 0 Å². The molecule has 0 aliphatic rings. The number of allylic oxidation sites excluding steroid dienone is 1. The number of hydrogen-bond donors (Lipinski definition) is 2. The third-order valence-corrected chi connectivity index (χ3v) is 2.29. The minimum atomic E-state index is -0.178. The fourth-order valence-corrected chi connectivity index (χ4v) is 1.42. The van der Waals surface area contributed by atoms with Crippen LogP contribution < -0.4 is 10.6 Å². The molecule has 0 unspecified atom stereocenters. The predicted octanol–water partition coefficient (Wildman–Crippen LogP) is 1.87. The molecule has 0 bridgehead atoms. The molecule has 2 amide bonds. The first-order valence-corrected chi connectivity index (χ1v) is 5.35. The zero-order valence-corrected chi connectivity index (χ0v) is 10.2. The van der Waals surface area contributed by atoms with Gasteiger partial charge in [0.2, 0.25) is 5.91 Å². The molecule has 4 nitrogen and oxygen atoms in total. The number of carbonyl (C=O) groups excluding carboxylic acids is 2. The maximum atomic E-state index is 11.4. The molecule has 0 aliphatic carbocycles. The standard InChI is InChI=1S/C13H16N2O2/c1-4-5-12(16)15-11-7-6-10(8-9(11)2)13(17)14-3/h4-8H,1-3H3,(H,14,17)(H,15,16). The van der Waals surface area contributed by atoms with Gasteiger partial charge in [0.15, 0.2) is 0 Å². The van der Waals surface area contributed by atoms with Crippen LogP contribution in [0.3, 0.4) is 0 Å². The van der Waals surface area contributed by atoms with Gasteiger partial charge in [-0.3, -0.25) is 9.59 Å². The zero-order chi connectivity index (χ0) is 12.8. The first-order chi connectivity index (χ1) is 8.08. The summed E-state index contributed by atoms with van der Waals surface area (Å²) in [6.45, 7) is 3.62. The number of carbonyl (C=O) groups is 2. The van der Waals surface area contributed by atoms with E-state index in [1.165, 1.54) is 6.08 Å². The molecule has 0 saturated heterocycles. The van der Waals surface area contributed by atoms with Gasteiger partial charge in [-0.2, -0.15) is 0 Å². The van der Waals surface area contributed by atoms with E-state index in [1.54, 1.807) is 38.2 Å². The van der Waals surface area contributed by atoms with E-state index in [4.69, 9.17) is 0 Å². The molecule has 1 rings (SSSR count). The molecule has 90 valence electrons. The number of amides is 2. The summed E-state index contributed by atoms with van der Waals surface area (Å²) in [5.74, 6) is -0.317. The normalized spacial score (nSPS) is 10.3. The maximum absolute atomic E-state index is 11.4. The molecule has 0 fully saturated rings. The van der Waals surface area contributed by atoms with E-state index in [1.807, 2.05) is 6.92 Å². The van der Waals surface area contributed by atoms with Gasteiger partial charge in [-0.25, -0.2) is 0 Å². The summed E-state index contributed by atoms with van der Waals surface area (Å²) in [4.78, 5) is 22.8. The Morgan fingerprint density at radius 1 is 1.29 bits per heavy atom. The number of nitrogens with one attached hydrogen (secondary N) is 2. The number of benzene rings is 1. The van der Waals surface area contributed by atoms with Crippen molar-refractivity contribution < 1.29 is 9.59 Å². The van der Waals surface area contributed by atoms with Crippen molar-refractivity contribution in [2.24, 2.45) is 0 Å². The molecule has 17 heavy (non-hydrogen) atoms. The largest absolute Gasteiger partial charge is 0.355 e. The molecule has 0 spiro atoms. The Balaban J connectivity index is 2.90. The Labute approximate surface area is 101 Å². The quantitative estimate of drug-likeness (QED) is 0.782. The van der Waals surface area contributed by atoms with E-state index >= 15 is 0 Å². The summed E-state index contributed by atoms with van der Waals surface area (Å²) in [5, 5.41) is 5.29. The Bertz CT molecular complexity index is 464. The van der Waals surface area contributed by atoms with Gasteiger partial charge in [0.05, 0.1) is 0 Å². The van der Waals surface area contributed by atoms with Gasteiger partial charge < -0.3 is 10.6 Å². The van der Waals surface area contributed by atoms with Crippen LogP contribution in [0.2, 0.25) is 0 Å². The smallest absolute Gasteiger partial charge is 0.251 e. The second-order valence-electron chi connectivity index (χ2n) is 3.60. The lowest BCUT2D eigenvalue weighted by Crippen LogP contribution is -2.18. The van der Waals surface area contributed by atoms with Gasteiger partial charge >= 0.3 is 0 Å². The third kappa shape index (κ3) is 3.45. The van der Waals surface area contributed by atoms with E-state index in [0.29, 0.717) is 11.3 Å². The molecule has 0 aliphatic heterocycles. The van der Waals surface area contributed by atoms with Crippen LogP contribution in [0, 0.1) is 6.92 Å². The third-order valence-electron chi connectivity index (χ3n) is 2.29. The van der Waals surface area contributed by atoms with Crippen molar-refractivity contribution in [3.05, 3.63) is 41.5 Å². The minimum absolute atomic E-state index is 0.139. The molecule has 4 heteroatoms. The lowest BCUT2D eigenvalue weighted by Gasteiger charge is -2.08. The van der Waals surface area contributed by atoms with Crippen LogP contribution >= 0.6 is 0 Å². The van der Waals surface area contributed by atoms with Gasteiger partial charge in [0.25, 0.3) is 5.91 Å². The van der Waals surface area contributed by atoms with Crippen LogP contribution in [0.5, 0.6) is 0 Å². The topological polar surface area (TPSA) is 58.2 Å². The maximum Gasteiger partial charge on any atom is 0.251 e. The number of rotatable bonds is 3. The first kappa shape index (κ1) is 13.0. The molecular formula is C13H16N2O2. The average Bonchev–Trinajstić information content (AvgIpc) is 2.31. The van der Waals surface area contributed by atoms with E-state index in [9.17, 15) is 9.59 Å². The highest BCUT2D eigenvalue weighted by atomic mass is 16.2. The Hall–Kier alpha value is -2.10. The van der Waals surface area contributed by atoms with E-state index in [0.717, 1.165) is 5.56 Å². The highest BCUT2D eigenvalue weighted by Gasteiger charge is 2.06. The highest BCUT2D eigenvalue weighted by molar-refractivity contribution is 6.00. The molecule has 1 aromatic rings. The van der Waals surface area contributed by atoms with Crippen molar-refractivity contribution in [2.75, 3.05) is 12.4 Å². The monoisotopic (exact) mass is 232 g/mol. The first-order valence-electron chi connectivity index (χ1n) is 5.35. The molecular weight excluding hydrogens is 216 g/mol. The molecule has 0 aromatic heterocycles. The van der Waals surface area contributed by atoms with Crippen LogP contribution in [-0.2, 0) is 4.79 Å². The molecule has 1 aromatic carbocycles. The zero-order valence-electron chi connectivity index (χ0n) is 10.2. The molecule has 0 atom stereocenters. The fourth-order valence-electron chi connectivity index (χ4n) is 1.42. The second kappa shape index (κ2) is 5.84. The summed E-state index contributed by atoms with van der Waals surface area (Å²) in [7, 11) is 1.58. The molecule has 0 saturated carbocycles. The Morgan fingerprint density at radius 3 is 2.53 bits per heavy atom. The van der Waals surface area contributed by atoms with Gasteiger partial charge in [-0.15, -0.1) is 0 Å². The summed E-state index contributed by atoms with van der Waals surface area (Å²) < 4.78 is 0. The van der Waals surface area contributed by atoms with Gasteiger partial charge in [0, 0.05) is 18.3 Å². The summed E-state index contributed by atoms with van der Waals surface area (Å²) >= 11 is 0. The van der Waals surface area contributed by atoms with Crippen LogP contribution in [-0.4, -0.2) is 18.9 Å². The van der Waals surface area contributed by atoms with E-state index < -0.39 is 0 Å². The molecule has 0 radical (unpaired) electrons.